The number of carboxylic acid groups (broad SMARTS) is 1. The van der Waals surface area contributed by atoms with Gasteiger partial charge >= 0.3 is 5.97 Å². The average molecular weight is 261 g/mol. The molecular formula is C13H15N3O3. The number of hydrogen-bond acceptors (Lipinski definition) is 4. The van der Waals surface area contributed by atoms with Crippen molar-refractivity contribution in [3.63, 3.8) is 0 Å². The summed E-state index contributed by atoms with van der Waals surface area (Å²) < 4.78 is 6.97. The molecule has 0 bridgehead atoms. The smallest absolute Gasteiger partial charge is 0.341 e. The minimum atomic E-state index is -1.10. The number of aromatic nitrogens is 2. The fourth-order valence-electron chi connectivity index (χ4n) is 1.68. The van der Waals surface area contributed by atoms with Gasteiger partial charge in [-0.3, -0.25) is 0 Å². The lowest BCUT2D eigenvalue weighted by molar-refractivity contribution is 0.0698. The zero-order chi connectivity index (χ0) is 13.8. The molecule has 0 spiro atoms. The van der Waals surface area contributed by atoms with Crippen LogP contribution in [0.25, 0.3) is 5.69 Å². The Balaban J connectivity index is 2.44. The van der Waals surface area contributed by atoms with Crippen molar-refractivity contribution in [2.24, 2.45) is 0 Å². The standard InChI is InChI=1S/C13H15N3O3/c1-2-7-19-11-6-4-3-5-10(11)16-12(14)9(8-15-16)13(17)18/h3-6,8H,2,7,14H2,1H3,(H,17,18). The van der Waals surface area contributed by atoms with E-state index in [9.17, 15) is 4.79 Å². The van der Waals surface area contributed by atoms with E-state index >= 15 is 0 Å². The number of ether oxygens (including phenoxy) is 1. The monoisotopic (exact) mass is 261 g/mol. The van der Waals surface area contributed by atoms with Crippen molar-refractivity contribution in [3.8, 4) is 11.4 Å². The molecule has 0 aliphatic heterocycles. The highest BCUT2D eigenvalue weighted by molar-refractivity contribution is 5.92. The van der Waals surface area contributed by atoms with Gasteiger partial charge < -0.3 is 15.6 Å². The Morgan fingerprint density at radius 2 is 2.21 bits per heavy atom. The molecule has 1 aromatic heterocycles. The number of para-hydroxylation sites is 2. The Morgan fingerprint density at radius 3 is 2.84 bits per heavy atom. The lowest BCUT2D eigenvalue weighted by Gasteiger charge is -2.11. The maximum Gasteiger partial charge on any atom is 0.341 e. The zero-order valence-electron chi connectivity index (χ0n) is 10.5. The second-order valence-electron chi connectivity index (χ2n) is 3.98. The van der Waals surface area contributed by atoms with E-state index in [1.807, 2.05) is 19.1 Å². The number of rotatable bonds is 5. The van der Waals surface area contributed by atoms with E-state index in [0.29, 0.717) is 18.0 Å². The molecule has 0 unspecified atom stereocenters. The van der Waals surface area contributed by atoms with Gasteiger partial charge in [0.05, 0.1) is 12.8 Å². The molecule has 0 saturated heterocycles. The summed E-state index contributed by atoms with van der Waals surface area (Å²) >= 11 is 0. The summed E-state index contributed by atoms with van der Waals surface area (Å²) in [6, 6.07) is 7.23. The first-order valence-electron chi connectivity index (χ1n) is 5.94. The molecule has 6 heteroatoms. The highest BCUT2D eigenvalue weighted by atomic mass is 16.5. The van der Waals surface area contributed by atoms with Crippen LogP contribution in [0.3, 0.4) is 0 Å². The minimum absolute atomic E-state index is 0.0229. The number of carboxylic acids is 1. The molecule has 2 aromatic rings. The predicted octanol–water partition coefficient (Wildman–Crippen LogP) is 1.94. The lowest BCUT2D eigenvalue weighted by atomic mass is 10.3. The Hall–Kier alpha value is -2.50. The van der Waals surface area contributed by atoms with Gasteiger partial charge in [-0.15, -0.1) is 0 Å². The first-order chi connectivity index (χ1) is 9.15. The number of hydrogen-bond donors (Lipinski definition) is 2. The van der Waals surface area contributed by atoms with Crippen LogP contribution in [-0.4, -0.2) is 27.5 Å². The number of nitrogen functional groups attached to an aromatic ring is 1. The van der Waals surface area contributed by atoms with Crippen molar-refractivity contribution in [1.82, 2.24) is 9.78 Å². The largest absolute Gasteiger partial charge is 0.491 e. The lowest BCUT2D eigenvalue weighted by Crippen LogP contribution is -2.07. The SMILES string of the molecule is CCCOc1ccccc1-n1ncc(C(=O)O)c1N. The van der Waals surface area contributed by atoms with Gasteiger partial charge in [-0.05, 0) is 18.6 Å². The third-order valence-corrected chi connectivity index (χ3v) is 2.59. The van der Waals surface area contributed by atoms with Gasteiger partial charge in [-0.25, -0.2) is 9.48 Å². The first-order valence-corrected chi connectivity index (χ1v) is 5.94. The van der Waals surface area contributed by atoms with Crippen molar-refractivity contribution in [1.29, 1.82) is 0 Å². The molecule has 2 rings (SSSR count). The van der Waals surface area contributed by atoms with Crippen LogP contribution >= 0.6 is 0 Å². The van der Waals surface area contributed by atoms with Crippen LogP contribution in [0.15, 0.2) is 30.5 Å². The summed E-state index contributed by atoms with van der Waals surface area (Å²) in [6.45, 7) is 2.58. The predicted molar refractivity (Wildman–Crippen MR) is 70.7 cm³/mol. The summed E-state index contributed by atoms with van der Waals surface area (Å²) in [5, 5.41) is 13.0. The van der Waals surface area contributed by atoms with Crippen molar-refractivity contribution in [3.05, 3.63) is 36.0 Å². The van der Waals surface area contributed by atoms with Crippen LogP contribution in [0.4, 0.5) is 5.82 Å². The van der Waals surface area contributed by atoms with Crippen LogP contribution < -0.4 is 10.5 Å². The summed E-state index contributed by atoms with van der Waals surface area (Å²) in [7, 11) is 0. The van der Waals surface area contributed by atoms with Crippen LogP contribution in [0.2, 0.25) is 0 Å². The number of benzene rings is 1. The van der Waals surface area contributed by atoms with Gasteiger partial charge in [0.1, 0.15) is 22.8 Å². The molecule has 1 aromatic carbocycles. The van der Waals surface area contributed by atoms with Crippen LogP contribution in [0.1, 0.15) is 23.7 Å². The molecule has 0 aliphatic carbocycles. The van der Waals surface area contributed by atoms with Crippen molar-refractivity contribution in [2.75, 3.05) is 12.3 Å². The second kappa shape index (κ2) is 5.43. The summed E-state index contributed by atoms with van der Waals surface area (Å²) in [5.41, 5.74) is 6.40. The average Bonchev–Trinajstić information content (AvgIpc) is 2.78. The normalized spacial score (nSPS) is 10.4. The highest BCUT2D eigenvalue weighted by Gasteiger charge is 2.16. The van der Waals surface area contributed by atoms with E-state index in [0.717, 1.165) is 6.42 Å². The molecule has 0 atom stereocenters. The Kier molecular flexibility index (Phi) is 3.70. The number of anilines is 1. The Bertz CT molecular complexity index is 593. The van der Waals surface area contributed by atoms with Crippen molar-refractivity contribution < 1.29 is 14.6 Å². The molecular weight excluding hydrogens is 246 g/mol. The topological polar surface area (TPSA) is 90.4 Å². The number of nitrogens with two attached hydrogens (primary N) is 1. The van der Waals surface area contributed by atoms with Crippen LogP contribution in [0, 0.1) is 0 Å². The number of aromatic carboxylic acids is 1. The van der Waals surface area contributed by atoms with Gasteiger partial charge in [0.2, 0.25) is 0 Å². The van der Waals surface area contributed by atoms with E-state index < -0.39 is 5.97 Å². The zero-order valence-corrected chi connectivity index (χ0v) is 10.5. The van der Waals surface area contributed by atoms with E-state index in [-0.39, 0.29) is 11.4 Å². The van der Waals surface area contributed by atoms with Gasteiger partial charge in [0.25, 0.3) is 0 Å². The first kappa shape index (κ1) is 12.9. The maximum absolute atomic E-state index is 11.0. The minimum Gasteiger partial charge on any atom is -0.491 e. The van der Waals surface area contributed by atoms with Gasteiger partial charge in [-0.2, -0.15) is 5.10 Å². The maximum atomic E-state index is 11.0. The Labute approximate surface area is 110 Å². The van der Waals surface area contributed by atoms with Crippen LogP contribution in [-0.2, 0) is 0 Å². The molecule has 100 valence electrons. The fourth-order valence-corrected chi connectivity index (χ4v) is 1.68. The van der Waals surface area contributed by atoms with Gasteiger partial charge in [0.15, 0.2) is 0 Å². The molecule has 6 nitrogen and oxygen atoms in total. The molecule has 3 N–H and O–H groups in total. The fraction of sp³-hybridized carbons (Fsp3) is 0.231. The Morgan fingerprint density at radius 1 is 1.47 bits per heavy atom. The third kappa shape index (κ3) is 2.52. The van der Waals surface area contributed by atoms with E-state index in [4.69, 9.17) is 15.6 Å². The number of carbonyl (C=O) groups is 1. The van der Waals surface area contributed by atoms with Gasteiger partial charge in [0, 0.05) is 0 Å². The van der Waals surface area contributed by atoms with Crippen LogP contribution in [0.5, 0.6) is 5.75 Å². The highest BCUT2D eigenvalue weighted by Crippen LogP contribution is 2.25. The second-order valence-corrected chi connectivity index (χ2v) is 3.98. The van der Waals surface area contributed by atoms with E-state index in [2.05, 4.69) is 5.10 Å². The molecule has 1 heterocycles. The quantitative estimate of drug-likeness (QED) is 0.858. The van der Waals surface area contributed by atoms with Crippen molar-refractivity contribution in [2.45, 2.75) is 13.3 Å². The molecule has 0 amide bonds. The summed E-state index contributed by atoms with van der Waals surface area (Å²) in [6.07, 6.45) is 2.11. The van der Waals surface area contributed by atoms with E-state index in [1.165, 1.54) is 10.9 Å². The summed E-state index contributed by atoms with van der Waals surface area (Å²) in [4.78, 5) is 11.0. The molecule has 0 aliphatic rings. The van der Waals surface area contributed by atoms with Gasteiger partial charge in [-0.1, -0.05) is 19.1 Å². The molecule has 0 fully saturated rings. The summed E-state index contributed by atoms with van der Waals surface area (Å²) in [5.74, 6) is -0.396. The molecule has 0 saturated carbocycles. The van der Waals surface area contributed by atoms with E-state index in [1.54, 1.807) is 12.1 Å². The number of nitrogens with zero attached hydrogens (tertiary/aromatic N) is 2. The molecule has 19 heavy (non-hydrogen) atoms. The third-order valence-electron chi connectivity index (χ3n) is 2.59. The van der Waals surface area contributed by atoms with Crippen molar-refractivity contribution >= 4 is 11.8 Å². The molecule has 0 radical (unpaired) electrons.